The van der Waals surface area contributed by atoms with Crippen LogP contribution in [0.4, 0.5) is 22.0 Å². The van der Waals surface area contributed by atoms with Crippen molar-refractivity contribution in [2.45, 2.75) is 19.4 Å². The molecule has 112 valence electrons. The third kappa shape index (κ3) is 2.52. The molecule has 20 heavy (non-hydrogen) atoms. The van der Waals surface area contributed by atoms with E-state index in [-0.39, 0.29) is 12.5 Å². The zero-order valence-electron chi connectivity index (χ0n) is 10.8. The highest BCUT2D eigenvalue weighted by Crippen LogP contribution is 2.34. The summed E-state index contributed by atoms with van der Waals surface area (Å²) >= 11 is 0. The van der Waals surface area contributed by atoms with Crippen molar-refractivity contribution in [3.05, 3.63) is 34.6 Å². The minimum absolute atomic E-state index is 0.219. The van der Waals surface area contributed by atoms with Crippen LogP contribution >= 0.6 is 0 Å². The first-order chi connectivity index (χ1) is 9.49. The summed E-state index contributed by atoms with van der Waals surface area (Å²) in [6.45, 7) is 2.65. The van der Waals surface area contributed by atoms with Gasteiger partial charge in [0.15, 0.2) is 23.3 Å². The van der Waals surface area contributed by atoms with Crippen LogP contribution in [0.3, 0.4) is 0 Å². The molecule has 1 aromatic carbocycles. The Balaban J connectivity index is 2.52. The van der Waals surface area contributed by atoms with E-state index in [1.165, 1.54) is 0 Å². The van der Waals surface area contributed by atoms with Crippen LogP contribution < -0.4 is 5.32 Å². The highest BCUT2D eigenvalue weighted by Gasteiger charge is 2.35. The molecule has 0 saturated carbocycles. The van der Waals surface area contributed by atoms with Crippen LogP contribution in [-0.4, -0.2) is 19.8 Å². The molecule has 1 aliphatic heterocycles. The molecule has 1 fully saturated rings. The summed E-state index contributed by atoms with van der Waals surface area (Å²) in [7, 11) is 0. The molecule has 0 aliphatic carbocycles. The number of benzene rings is 1. The van der Waals surface area contributed by atoms with Crippen molar-refractivity contribution in [2.75, 3.05) is 19.8 Å². The van der Waals surface area contributed by atoms with Crippen molar-refractivity contribution in [1.29, 1.82) is 0 Å². The molecule has 0 amide bonds. The van der Waals surface area contributed by atoms with Crippen molar-refractivity contribution in [3.63, 3.8) is 0 Å². The van der Waals surface area contributed by atoms with Gasteiger partial charge in [0.25, 0.3) is 0 Å². The number of hydrogen-bond donors (Lipinski definition) is 1. The Labute approximate surface area is 112 Å². The van der Waals surface area contributed by atoms with E-state index in [0.717, 1.165) is 0 Å². The standard InChI is InChI=1S/C13H14F5NO/c1-2-19-13(6-3-4-20-5-6)7-8(14)10(16)12(18)11(17)9(7)15/h6,13,19H,2-5H2,1H3. The van der Waals surface area contributed by atoms with E-state index in [4.69, 9.17) is 4.74 Å². The maximum absolute atomic E-state index is 13.8. The number of ether oxygens (including phenoxy) is 1. The second-order valence-electron chi connectivity index (χ2n) is 4.64. The molecule has 1 aromatic rings. The lowest BCUT2D eigenvalue weighted by Gasteiger charge is -2.25. The maximum atomic E-state index is 13.8. The van der Waals surface area contributed by atoms with Gasteiger partial charge in [-0.15, -0.1) is 0 Å². The van der Waals surface area contributed by atoms with E-state index in [1.54, 1.807) is 6.92 Å². The number of hydrogen-bond acceptors (Lipinski definition) is 2. The molecular formula is C13H14F5NO. The van der Waals surface area contributed by atoms with Gasteiger partial charge in [-0.2, -0.15) is 0 Å². The van der Waals surface area contributed by atoms with Gasteiger partial charge >= 0.3 is 0 Å². The lowest BCUT2D eigenvalue weighted by molar-refractivity contribution is 0.175. The van der Waals surface area contributed by atoms with E-state index in [2.05, 4.69) is 5.32 Å². The van der Waals surface area contributed by atoms with Crippen LogP contribution in [0, 0.1) is 35.0 Å². The second-order valence-corrected chi connectivity index (χ2v) is 4.64. The molecular weight excluding hydrogens is 281 g/mol. The van der Waals surface area contributed by atoms with Crippen LogP contribution in [-0.2, 0) is 4.74 Å². The Kier molecular flexibility index (Phi) is 4.59. The Morgan fingerprint density at radius 3 is 2.05 bits per heavy atom. The molecule has 1 aliphatic rings. The van der Waals surface area contributed by atoms with E-state index < -0.39 is 40.7 Å². The average molecular weight is 295 g/mol. The third-order valence-corrected chi connectivity index (χ3v) is 3.42. The summed E-state index contributed by atoms with van der Waals surface area (Å²) in [4.78, 5) is 0. The lowest BCUT2D eigenvalue weighted by atomic mass is 9.91. The van der Waals surface area contributed by atoms with Gasteiger partial charge in [0.2, 0.25) is 5.82 Å². The average Bonchev–Trinajstić information content (AvgIpc) is 2.96. The molecule has 2 nitrogen and oxygen atoms in total. The van der Waals surface area contributed by atoms with Crippen LogP contribution in [0.5, 0.6) is 0 Å². The largest absolute Gasteiger partial charge is 0.381 e. The summed E-state index contributed by atoms with van der Waals surface area (Å²) in [6, 6.07) is -0.966. The lowest BCUT2D eigenvalue weighted by Crippen LogP contribution is -2.31. The predicted molar refractivity (Wildman–Crippen MR) is 61.6 cm³/mol. The fraction of sp³-hybridized carbons (Fsp3) is 0.538. The Morgan fingerprint density at radius 1 is 1.05 bits per heavy atom. The molecule has 1 N–H and O–H groups in total. The Morgan fingerprint density at radius 2 is 1.60 bits per heavy atom. The van der Waals surface area contributed by atoms with Crippen molar-refractivity contribution in [1.82, 2.24) is 5.32 Å². The summed E-state index contributed by atoms with van der Waals surface area (Å²) in [5.74, 6) is -9.86. The first-order valence-electron chi connectivity index (χ1n) is 6.31. The van der Waals surface area contributed by atoms with Gasteiger partial charge in [-0.25, -0.2) is 22.0 Å². The van der Waals surface area contributed by atoms with Crippen LogP contribution in [0.15, 0.2) is 0 Å². The number of nitrogens with one attached hydrogen (secondary N) is 1. The first-order valence-corrected chi connectivity index (χ1v) is 6.31. The molecule has 1 heterocycles. The predicted octanol–water partition coefficient (Wildman–Crippen LogP) is 3.07. The molecule has 0 aromatic heterocycles. The van der Waals surface area contributed by atoms with Gasteiger partial charge in [0, 0.05) is 24.1 Å². The van der Waals surface area contributed by atoms with Crippen LogP contribution in [0.25, 0.3) is 0 Å². The highest BCUT2D eigenvalue weighted by molar-refractivity contribution is 5.28. The second kappa shape index (κ2) is 6.05. The Bertz CT molecular complexity index is 473. The normalized spacial score (nSPS) is 20.4. The molecule has 0 spiro atoms. The maximum Gasteiger partial charge on any atom is 0.200 e. The van der Waals surface area contributed by atoms with Crippen LogP contribution in [0.2, 0.25) is 0 Å². The zero-order valence-corrected chi connectivity index (χ0v) is 10.8. The van der Waals surface area contributed by atoms with Gasteiger partial charge in [-0.05, 0) is 13.0 Å². The first kappa shape index (κ1) is 15.2. The molecule has 2 unspecified atom stereocenters. The minimum Gasteiger partial charge on any atom is -0.381 e. The van der Waals surface area contributed by atoms with Crippen molar-refractivity contribution in [2.24, 2.45) is 5.92 Å². The number of halogens is 5. The van der Waals surface area contributed by atoms with Crippen molar-refractivity contribution in [3.8, 4) is 0 Å². The van der Waals surface area contributed by atoms with Crippen LogP contribution in [0.1, 0.15) is 24.9 Å². The quantitative estimate of drug-likeness (QED) is 0.523. The van der Waals surface area contributed by atoms with Gasteiger partial charge < -0.3 is 10.1 Å². The van der Waals surface area contributed by atoms with Gasteiger partial charge in [-0.3, -0.25) is 0 Å². The minimum atomic E-state index is -2.14. The fourth-order valence-corrected chi connectivity index (χ4v) is 2.43. The van der Waals surface area contributed by atoms with E-state index in [1.807, 2.05) is 0 Å². The zero-order chi connectivity index (χ0) is 14.9. The summed E-state index contributed by atoms with van der Waals surface area (Å²) in [5.41, 5.74) is -0.807. The Hall–Kier alpha value is -1.21. The highest BCUT2D eigenvalue weighted by atomic mass is 19.2. The molecule has 0 radical (unpaired) electrons. The molecule has 7 heteroatoms. The van der Waals surface area contributed by atoms with Crippen molar-refractivity contribution < 1.29 is 26.7 Å². The third-order valence-electron chi connectivity index (χ3n) is 3.42. The van der Waals surface area contributed by atoms with Crippen molar-refractivity contribution >= 4 is 0 Å². The number of rotatable bonds is 4. The topological polar surface area (TPSA) is 21.3 Å². The molecule has 2 rings (SSSR count). The van der Waals surface area contributed by atoms with E-state index >= 15 is 0 Å². The fourth-order valence-electron chi connectivity index (χ4n) is 2.43. The summed E-state index contributed by atoms with van der Waals surface area (Å²) in [6.07, 6.45) is 0.497. The smallest absolute Gasteiger partial charge is 0.200 e. The monoisotopic (exact) mass is 295 g/mol. The van der Waals surface area contributed by atoms with E-state index in [0.29, 0.717) is 19.6 Å². The summed E-state index contributed by atoms with van der Waals surface area (Å²) < 4.78 is 72.4. The molecule has 2 atom stereocenters. The molecule has 1 saturated heterocycles. The van der Waals surface area contributed by atoms with Gasteiger partial charge in [-0.1, -0.05) is 6.92 Å². The summed E-state index contributed by atoms with van der Waals surface area (Å²) in [5, 5.41) is 2.78. The van der Waals surface area contributed by atoms with E-state index in [9.17, 15) is 22.0 Å². The SMILES string of the molecule is CCNC(c1c(F)c(F)c(F)c(F)c1F)C1CCOC1. The van der Waals surface area contributed by atoms with Gasteiger partial charge in [0.1, 0.15) is 0 Å². The van der Waals surface area contributed by atoms with Gasteiger partial charge in [0.05, 0.1) is 6.61 Å². The molecule has 0 bridgehead atoms.